The molecule has 0 spiro atoms. The highest BCUT2D eigenvalue weighted by molar-refractivity contribution is 6.84. The number of allylic oxidation sites excluding steroid dienone is 1. The Kier molecular flexibility index (Phi) is 33.7. The number of rotatable bonds is 46. The van der Waals surface area contributed by atoms with Crippen LogP contribution >= 0.6 is 0 Å². The summed E-state index contributed by atoms with van der Waals surface area (Å²) in [6.07, 6.45) is 19.9. The molecule has 6 rings (SSSR count). The van der Waals surface area contributed by atoms with E-state index in [-0.39, 0.29) is 69.6 Å². The van der Waals surface area contributed by atoms with Crippen LogP contribution in [0.3, 0.4) is 0 Å². The Morgan fingerprint density at radius 3 is 0.928 bits per heavy atom. The number of benzene rings is 6. The third kappa shape index (κ3) is 28.6. The summed E-state index contributed by atoms with van der Waals surface area (Å²) >= 11 is 0. The molecule has 97 heavy (non-hydrogen) atoms. The highest BCUT2D eigenvalue weighted by Gasteiger charge is 2.33. The van der Waals surface area contributed by atoms with Crippen LogP contribution in [0.2, 0.25) is 38.3 Å². The predicted molar refractivity (Wildman–Crippen MR) is 382 cm³/mol. The summed E-state index contributed by atoms with van der Waals surface area (Å²) < 4.78 is 65.0. The first kappa shape index (κ1) is 77.5. The summed E-state index contributed by atoms with van der Waals surface area (Å²) in [5.41, 5.74) is 0.836. The maximum Gasteiger partial charge on any atom is 0.343 e. The zero-order valence-electron chi connectivity index (χ0n) is 58.0. The molecule has 0 aliphatic rings. The number of esters is 6. The zero-order chi connectivity index (χ0) is 69.7. The molecule has 6 aromatic carbocycles. The SMILES string of the molecule is C=CCCCCOc1ccc(C(=O)Oc2ccc(OC(=O)c3ccc(OCCCCCC)cc3)c(C(=O)OCCCC[Si](C)(C)O[Si](C)(C)CCCCOC(=O)c3cc(OC(=O)c4ccc(OCCCCCC)cc4)ccc3OC(=O)c3ccc(OCCCCCC)cc3)c2)cc1. The minimum absolute atomic E-state index is 0.0447. The average Bonchev–Trinajstić information content (AvgIpc) is 1.16. The average molecular weight is 1370 g/mol. The Morgan fingerprint density at radius 2 is 0.619 bits per heavy atom. The lowest BCUT2D eigenvalue weighted by molar-refractivity contribution is 0.0481. The van der Waals surface area contributed by atoms with Crippen LogP contribution in [-0.2, 0) is 13.6 Å². The Bertz CT molecular complexity index is 3400. The molecule has 0 aliphatic carbocycles. The van der Waals surface area contributed by atoms with E-state index in [0.717, 1.165) is 108 Å². The smallest absolute Gasteiger partial charge is 0.343 e. The minimum Gasteiger partial charge on any atom is -0.494 e. The molecule has 0 heterocycles. The van der Waals surface area contributed by atoms with Gasteiger partial charge in [0.2, 0.25) is 0 Å². The highest BCUT2D eigenvalue weighted by Crippen LogP contribution is 2.31. The molecule has 0 unspecified atom stereocenters. The normalized spacial score (nSPS) is 11.2. The summed E-state index contributed by atoms with van der Waals surface area (Å²) in [5.74, 6) is -1.78. The van der Waals surface area contributed by atoms with Crippen molar-refractivity contribution in [3.8, 4) is 46.0 Å². The van der Waals surface area contributed by atoms with Gasteiger partial charge in [-0.05, 0) is 223 Å². The van der Waals surface area contributed by atoms with Crippen LogP contribution in [0.15, 0.2) is 146 Å². The van der Waals surface area contributed by atoms with Crippen molar-refractivity contribution < 1.29 is 80.3 Å². The zero-order valence-corrected chi connectivity index (χ0v) is 60.0. The monoisotopic (exact) mass is 1360 g/mol. The van der Waals surface area contributed by atoms with Crippen molar-refractivity contribution in [1.82, 2.24) is 0 Å². The van der Waals surface area contributed by atoms with E-state index in [9.17, 15) is 28.8 Å². The van der Waals surface area contributed by atoms with Gasteiger partial charge in [0, 0.05) is 0 Å². The maximum atomic E-state index is 13.9. The van der Waals surface area contributed by atoms with Gasteiger partial charge in [0.25, 0.3) is 0 Å². The van der Waals surface area contributed by atoms with Crippen LogP contribution < -0.4 is 37.9 Å². The van der Waals surface area contributed by atoms with Crippen LogP contribution in [0.25, 0.3) is 0 Å². The Labute approximate surface area is 576 Å². The summed E-state index contributed by atoms with van der Waals surface area (Å²) in [5, 5.41) is 0. The van der Waals surface area contributed by atoms with Crippen LogP contribution in [0, 0.1) is 0 Å². The summed E-state index contributed by atoms with van der Waals surface area (Å²) in [6.45, 7) is 21.3. The second-order valence-corrected chi connectivity index (χ2v) is 34.0. The van der Waals surface area contributed by atoms with Crippen LogP contribution in [0.5, 0.6) is 46.0 Å². The molecule has 0 amide bonds. The number of carbonyl (C=O) groups excluding carboxylic acids is 6. The van der Waals surface area contributed by atoms with Crippen LogP contribution in [0.4, 0.5) is 0 Å². The standard InChI is InChI=1S/C78H100O17Si2/c1-9-13-17-21-49-85-63-37-29-59(30-38-63)73(79)91-67-45-47-71(93-75(81)61-33-41-65(42-34-61)87-51-23-19-15-11-3)69(57-67)77(83)89-53-25-27-55-96(5,6)95-97(7,8)56-28-26-54-90-78(84)70-58-68(92-74(80)60-31-39-64(40-32-60)86-50-22-18-14-10-2)46-48-72(70)94-76(82)62-35-43-66(44-36-62)88-52-24-20-16-12-4/h9,29-48,57-58H,1,10-28,49-56H2,2-8H3. The fourth-order valence-electron chi connectivity index (χ4n) is 10.4. The molecular formula is C78H100O17Si2. The number of carbonyl (C=O) groups is 6. The molecule has 6 aromatic rings. The first-order chi connectivity index (χ1) is 46.9. The highest BCUT2D eigenvalue weighted by atomic mass is 28.4. The number of unbranched alkanes of at least 4 members (excludes halogenated alkanes) is 13. The van der Waals surface area contributed by atoms with Gasteiger partial charge in [0.1, 0.15) is 57.1 Å². The van der Waals surface area contributed by atoms with Crippen molar-refractivity contribution in [2.45, 2.75) is 181 Å². The van der Waals surface area contributed by atoms with Gasteiger partial charge in [-0.15, -0.1) is 6.58 Å². The van der Waals surface area contributed by atoms with Crippen molar-refractivity contribution in [1.29, 1.82) is 0 Å². The van der Waals surface area contributed by atoms with E-state index in [4.69, 9.17) is 51.5 Å². The van der Waals surface area contributed by atoms with Crippen molar-refractivity contribution in [2.24, 2.45) is 0 Å². The summed E-state index contributed by atoms with van der Waals surface area (Å²) in [6, 6.07) is 36.4. The van der Waals surface area contributed by atoms with E-state index in [1.165, 1.54) is 36.4 Å². The summed E-state index contributed by atoms with van der Waals surface area (Å²) in [4.78, 5) is 81.6. The van der Waals surface area contributed by atoms with E-state index in [1.807, 2.05) is 6.08 Å². The molecule has 0 atom stereocenters. The van der Waals surface area contributed by atoms with Crippen molar-refractivity contribution in [3.05, 3.63) is 179 Å². The lowest BCUT2D eigenvalue weighted by Crippen LogP contribution is -2.44. The quantitative estimate of drug-likeness (QED) is 0.0115. The van der Waals surface area contributed by atoms with E-state index in [2.05, 4.69) is 53.5 Å². The van der Waals surface area contributed by atoms with E-state index in [1.54, 1.807) is 97.1 Å². The van der Waals surface area contributed by atoms with E-state index >= 15 is 0 Å². The molecule has 0 bridgehead atoms. The first-order valence-electron chi connectivity index (χ1n) is 34.6. The molecule has 0 saturated carbocycles. The van der Waals surface area contributed by atoms with Gasteiger partial charge in [0.15, 0.2) is 16.6 Å². The van der Waals surface area contributed by atoms with Gasteiger partial charge in [-0.2, -0.15) is 0 Å². The van der Waals surface area contributed by atoms with Gasteiger partial charge < -0.3 is 51.5 Å². The Hall–Kier alpha value is -8.53. The minimum atomic E-state index is -2.24. The third-order valence-electron chi connectivity index (χ3n) is 15.8. The van der Waals surface area contributed by atoms with Gasteiger partial charge in [0.05, 0.1) is 61.9 Å². The predicted octanol–water partition coefficient (Wildman–Crippen LogP) is 19.2. The van der Waals surface area contributed by atoms with E-state index < -0.39 is 52.5 Å². The van der Waals surface area contributed by atoms with Crippen molar-refractivity contribution >= 4 is 52.5 Å². The lowest BCUT2D eigenvalue weighted by atomic mass is 10.1. The number of hydrogen-bond acceptors (Lipinski definition) is 17. The number of hydrogen-bond donors (Lipinski definition) is 0. The molecule has 522 valence electrons. The molecule has 0 fully saturated rings. The van der Waals surface area contributed by atoms with Crippen molar-refractivity contribution in [2.75, 3.05) is 39.6 Å². The van der Waals surface area contributed by atoms with Gasteiger partial charge in [-0.3, -0.25) is 0 Å². The Morgan fingerprint density at radius 1 is 0.330 bits per heavy atom. The van der Waals surface area contributed by atoms with Gasteiger partial charge in [-0.1, -0.05) is 97.5 Å². The topological polar surface area (TPSA) is 204 Å². The van der Waals surface area contributed by atoms with Gasteiger partial charge in [-0.25, -0.2) is 28.8 Å². The molecule has 0 radical (unpaired) electrons. The maximum absolute atomic E-state index is 13.9. The molecule has 17 nitrogen and oxygen atoms in total. The first-order valence-corrected chi connectivity index (χ1v) is 40.9. The van der Waals surface area contributed by atoms with Crippen LogP contribution in [0.1, 0.15) is 205 Å². The molecular weight excluding hydrogens is 1270 g/mol. The largest absolute Gasteiger partial charge is 0.494 e. The second-order valence-electron chi connectivity index (χ2n) is 25.1. The fourth-order valence-corrected chi connectivity index (χ4v) is 19.4. The molecule has 0 N–H and O–H groups in total. The molecule has 19 heteroatoms. The van der Waals surface area contributed by atoms with Gasteiger partial charge >= 0.3 is 35.8 Å². The molecule has 0 aromatic heterocycles. The molecule has 0 saturated heterocycles. The lowest BCUT2D eigenvalue weighted by Gasteiger charge is -2.34. The second kappa shape index (κ2) is 42.2. The van der Waals surface area contributed by atoms with Crippen molar-refractivity contribution in [3.63, 3.8) is 0 Å². The fraction of sp³-hybridized carbons (Fsp3) is 0.436. The van der Waals surface area contributed by atoms with Crippen LogP contribution in [-0.4, -0.2) is 92.1 Å². The Balaban J connectivity index is 1.01. The van der Waals surface area contributed by atoms with E-state index in [0.29, 0.717) is 75.1 Å². The summed E-state index contributed by atoms with van der Waals surface area (Å²) in [7, 11) is -4.47. The number of ether oxygens (including phenoxy) is 10. The molecule has 0 aliphatic heterocycles. The third-order valence-corrected chi connectivity index (χ3v) is 23.3.